The molecule has 100 valence electrons. The quantitative estimate of drug-likeness (QED) is 0.827. The lowest BCUT2D eigenvalue weighted by Crippen LogP contribution is -2.23. The van der Waals surface area contributed by atoms with Crippen molar-refractivity contribution >= 4 is 38.2 Å². The number of rotatable bonds is 2. The van der Waals surface area contributed by atoms with Gasteiger partial charge in [0.05, 0.1) is 11.3 Å². The topological polar surface area (TPSA) is 29.1 Å². The summed E-state index contributed by atoms with van der Waals surface area (Å²) < 4.78 is 38.2. The first-order valence-electron chi connectivity index (χ1n) is 5.36. The third-order valence-electron chi connectivity index (χ3n) is 2.75. The van der Waals surface area contributed by atoms with Gasteiger partial charge in [-0.15, -0.1) is 0 Å². The van der Waals surface area contributed by atoms with Gasteiger partial charge in [0.1, 0.15) is 0 Å². The SMILES string of the molecule is CNc1c(C(=O)C(F)(F)F)cc(Br)c2ccccc12. The molecular weight excluding hydrogens is 323 g/mol. The summed E-state index contributed by atoms with van der Waals surface area (Å²) in [6.07, 6.45) is -4.90. The van der Waals surface area contributed by atoms with E-state index in [2.05, 4.69) is 21.2 Å². The lowest BCUT2D eigenvalue weighted by atomic mass is 10.0. The summed E-state index contributed by atoms with van der Waals surface area (Å²) in [7, 11) is 1.49. The number of anilines is 1. The molecule has 2 aromatic rings. The van der Waals surface area contributed by atoms with E-state index in [-0.39, 0.29) is 11.3 Å². The summed E-state index contributed by atoms with van der Waals surface area (Å²) in [5.41, 5.74) is -0.207. The molecule has 2 rings (SSSR count). The van der Waals surface area contributed by atoms with Crippen molar-refractivity contribution in [1.82, 2.24) is 0 Å². The Hall–Kier alpha value is -1.56. The Labute approximate surface area is 115 Å². The van der Waals surface area contributed by atoms with Gasteiger partial charge in [-0.3, -0.25) is 4.79 Å². The highest BCUT2D eigenvalue weighted by atomic mass is 79.9. The molecule has 0 fully saturated rings. The molecule has 0 heterocycles. The monoisotopic (exact) mass is 331 g/mol. The molecule has 6 heteroatoms. The van der Waals surface area contributed by atoms with E-state index in [0.717, 1.165) is 5.39 Å². The van der Waals surface area contributed by atoms with Gasteiger partial charge >= 0.3 is 6.18 Å². The molecule has 19 heavy (non-hydrogen) atoms. The number of hydrogen-bond acceptors (Lipinski definition) is 2. The van der Waals surface area contributed by atoms with Crippen LogP contribution in [0.5, 0.6) is 0 Å². The minimum absolute atomic E-state index is 0.182. The highest BCUT2D eigenvalue weighted by Crippen LogP contribution is 2.36. The van der Waals surface area contributed by atoms with Gasteiger partial charge in [-0.2, -0.15) is 13.2 Å². The van der Waals surface area contributed by atoms with Crippen molar-refractivity contribution in [2.24, 2.45) is 0 Å². The average molecular weight is 332 g/mol. The summed E-state index contributed by atoms with van der Waals surface area (Å²) in [5, 5.41) is 3.98. The van der Waals surface area contributed by atoms with Crippen LogP contribution in [0.1, 0.15) is 10.4 Å². The standard InChI is InChI=1S/C13H9BrF3NO/c1-18-11-8-5-3-2-4-7(8)10(14)6-9(11)12(19)13(15,16)17/h2-6,18H,1H3. The lowest BCUT2D eigenvalue weighted by molar-refractivity contribution is -0.0884. The van der Waals surface area contributed by atoms with E-state index in [0.29, 0.717) is 9.86 Å². The minimum Gasteiger partial charge on any atom is -0.387 e. The molecule has 0 aliphatic rings. The third-order valence-corrected chi connectivity index (χ3v) is 3.40. The molecule has 0 radical (unpaired) electrons. The Balaban J connectivity index is 2.79. The first-order valence-corrected chi connectivity index (χ1v) is 6.16. The number of hydrogen-bond donors (Lipinski definition) is 1. The van der Waals surface area contributed by atoms with Crippen LogP contribution in [0.15, 0.2) is 34.8 Å². The Kier molecular flexibility index (Phi) is 3.54. The number of nitrogens with one attached hydrogen (secondary N) is 1. The summed E-state index contributed by atoms with van der Waals surface area (Å²) in [6, 6.07) is 8.11. The Morgan fingerprint density at radius 1 is 1.21 bits per heavy atom. The maximum absolute atomic E-state index is 12.6. The van der Waals surface area contributed by atoms with Crippen molar-refractivity contribution in [2.75, 3.05) is 12.4 Å². The van der Waals surface area contributed by atoms with Crippen LogP contribution in [0.3, 0.4) is 0 Å². The predicted molar refractivity (Wildman–Crippen MR) is 71.6 cm³/mol. The van der Waals surface area contributed by atoms with Crippen molar-refractivity contribution < 1.29 is 18.0 Å². The van der Waals surface area contributed by atoms with Gasteiger partial charge in [0, 0.05) is 16.9 Å². The smallest absolute Gasteiger partial charge is 0.387 e. The van der Waals surface area contributed by atoms with Crippen LogP contribution in [0.4, 0.5) is 18.9 Å². The van der Waals surface area contributed by atoms with E-state index in [4.69, 9.17) is 0 Å². The molecule has 1 N–H and O–H groups in total. The van der Waals surface area contributed by atoms with Gasteiger partial charge < -0.3 is 5.32 Å². The van der Waals surface area contributed by atoms with E-state index in [9.17, 15) is 18.0 Å². The fourth-order valence-corrected chi connectivity index (χ4v) is 2.51. The van der Waals surface area contributed by atoms with E-state index >= 15 is 0 Å². The second kappa shape index (κ2) is 4.85. The van der Waals surface area contributed by atoms with E-state index in [1.165, 1.54) is 13.1 Å². The van der Waals surface area contributed by atoms with Crippen LogP contribution in [-0.4, -0.2) is 19.0 Å². The number of halogens is 4. The predicted octanol–water partition coefficient (Wildman–Crippen LogP) is 4.39. The number of Topliss-reactive ketones (excluding diaryl/α,β-unsaturated/α-hetero) is 1. The Morgan fingerprint density at radius 2 is 1.79 bits per heavy atom. The molecule has 0 aromatic heterocycles. The lowest BCUT2D eigenvalue weighted by Gasteiger charge is -2.14. The second-order valence-corrected chi connectivity index (χ2v) is 4.76. The van der Waals surface area contributed by atoms with Crippen molar-refractivity contribution in [3.8, 4) is 0 Å². The van der Waals surface area contributed by atoms with Crippen LogP contribution in [0.25, 0.3) is 10.8 Å². The molecule has 0 saturated heterocycles. The van der Waals surface area contributed by atoms with Gasteiger partial charge in [0.15, 0.2) is 0 Å². The summed E-state index contributed by atoms with van der Waals surface area (Å²) >= 11 is 3.20. The molecule has 2 nitrogen and oxygen atoms in total. The molecule has 0 aliphatic carbocycles. The first-order chi connectivity index (χ1) is 8.86. The highest BCUT2D eigenvalue weighted by molar-refractivity contribution is 9.10. The Morgan fingerprint density at radius 3 is 2.32 bits per heavy atom. The zero-order chi connectivity index (χ0) is 14.2. The minimum atomic E-state index is -4.90. The molecule has 0 atom stereocenters. The molecule has 0 spiro atoms. The van der Waals surface area contributed by atoms with Gasteiger partial charge in [-0.05, 0) is 11.5 Å². The van der Waals surface area contributed by atoms with Crippen molar-refractivity contribution in [1.29, 1.82) is 0 Å². The van der Waals surface area contributed by atoms with Crippen molar-refractivity contribution in [3.05, 3.63) is 40.4 Å². The van der Waals surface area contributed by atoms with Crippen molar-refractivity contribution in [3.63, 3.8) is 0 Å². The van der Waals surface area contributed by atoms with Gasteiger partial charge in [0.2, 0.25) is 0 Å². The summed E-state index contributed by atoms with van der Waals surface area (Å²) in [5.74, 6) is -1.86. The maximum Gasteiger partial charge on any atom is 0.454 e. The zero-order valence-corrected chi connectivity index (χ0v) is 11.4. The molecule has 2 aromatic carbocycles. The molecule has 0 unspecified atom stereocenters. The highest BCUT2D eigenvalue weighted by Gasteiger charge is 2.40. The number of fused-ring (bicyclic) bond motifs is 1. The maximum atomic E-state index is 12.6. The van der Waals surface area contributed by atoms with Crippen LogP contribution < -0.4 is 5.32 Å². The average Bonchev–Trinajstić information content (AvgIpc) is 2.37. The molecule has 0 amide bonds. The Bertz CT molecular complexity index is 652. The van der Waals surface area contributed by atoms with E-state index < -0.39 is 12.0 Å². The van der Waals surface area contributed by atoms with Crippen LogP contribution in [-0.2, 0) is 0 Å². The first kappa shape index (κ1) is 13.9. The van der Waals surface area contributed by atoms with Gasteiger partial charge in [0.25, 0.3) is 5.78 Å². The van der Waals surface area contributed by atoms with Crippen LogP contribution >= 0.6 is 15.9 Å². The normalized spacial score (nSPS) is 11.6. The number of carbonyl (C=O) groups excluding carboxylic acids is 1. The number of carbonyl (C=O) groups is 1. The van der Waals surface area contributed by atoms with Gasteiger partial charge in [-0.25, -0.2) is 0 Å². The second-order valence-electron chi connectivity index (χ2n) is 3.90. The van der Waals surface area contributed by atoms with Crippen LogP contribution in [0.2, 0.25) is 0 Å². The summed E-state index contributed by atoms with van der Waals surface area (Å²) in [6.45, 7) is 0. The molecule has 0 saturated carbocycles. The third kappa shape index (κ3) is 2.45. The number of alkyl halides is 3. The number of benzene rings is 2. The van der Waals surface area contributed by atoms with E-state index in [1.54, 1.807) is 24.3 Å². The van der Waals surface area contributed by atoms with Crippen molar-refractivity contribution in [2.45, 2.75) is 6.18 Å². The largest absolute Gasteiger partial charge is 0.454 e. The summed E-state index contributed by atoms with van der Waals surface area (Å²) in [4.78, 5) is 11.5. The number of ketones is 1. The molecular formula is C13H9BrF3NO. The molecule has 0 aliphatic heterocycles. The fourth-order valence-electron chi connectivity index (χ4n) is 1.93. The fraction of sp³-hybridized carbons (Fsp3) is 0.154. The van der Waals surface area contributed by atoms with E-state index in [1.807, 2.05) is 0 Å². The van der Waals surface area contributed by atoms with Gasteiger partial charge in [-0.1, -0.05) is 40.2 Å². The molecule has 0 bridgehead atoms. The van der Waals surface area contributed by atoms with Crippen LogP contribution in [0, 0.1) is 0 Å². The zero-order valence-electron chi connectivity index (χ0n) is 9.81.